The molecule has 134 valence electrons. The number of hydrogen-bond donors (Lipinski definition) is 0. The molecule has 25 heavy (non-hydrogen) atoms. The maximum Gasteiger partial charge on any atom is 0.147 e. The van der Waals surface area contributed by atoms with Gasteiger partial charge in [0.25, 0.3) is 0 Å². The first-order valence-electron chi connectivity index (χ1n) is 9.75. The zero-order valence-corrected chi connectivity index (χ0v) is 15.1. The number of benzene rings is 1. The number of allylic oxidation sites excluding steroid dienone is 1. The Balaban J connectivity index is 1.68. The lowest BCUT2D eigenvalue weighted by molar-refractivity contribution is 0.279. The highest BCUT2D eigenvalue weighted by atomic mass is 19.1. The normalized spacial score (nSPS) is 22.9. The van der Waals surface area contributed by atoms with Gasteiger partial charge in [-0.1, -0.05) is 44.3 Å². The molecular weight excluding hydrogens is 316 g/mol. The van der Waals surface area contributed by atoms with Gasteiger partial charge in [0.15, 0.2) is 0 Å². The molecule has 0 bridgehead atoms. The molecule has 0 radical (unpaired) electrons. The Labute approximate surface area is 149 Å². The van der Waals surface area contributed by atoms with Crippen LogP contribution in [0, 0.1) is 34.8 Å². The van der Waals surface area contributed by atoms with Gasteiger partial charge < -0.3 is 0 Å². The van der Waals surface area contributed by atoms with Crippen molar-refractivity contribution in [3.8, 4) is 6.07 Å². The van der Waals surface area contributed by atoms with Crippen molar-refractivity contribution < 1.29 is 8.78 Å². The Bertz CT molecular complexity index is 691. The number of halogens is 2. The van der Waals surface area contributed by atoms with E-state index in [0.29, 0.717) is 23.5 Å². The summed E-state index contributed by atoms with van der Waals surface area (Å²) in [5, 5.41) is 8.91. The van der Waals surface area contributed by atoms with Gasteiger partial charge in [-0.2, -0.15) is 5.26 Å². The number of rotatable bonds is 5. The fraction of sp³-hybridized carbons (Fsp3) is 0.591. The molecule has 0 heterocycles. The van der Waals surface area contributed by atoms with Crippen LogP contribution < -0.4 is 0 Å². The quantitative estimate of drug-likeness (QED) is 0.556. The number of nitriles is 1. The Morgan fingerprint density at radius 2 is 1.88 bits per heavy atom. The van der Waals surface area contributed by atoms with Crippen LogP contribution in [-0.4, -0.2) is 0 Å². The van der Waals surface area contributed by atoms with Gasteiger partial charge in [-0.3, -0.25) is 0 Å². The molecule has 3 rings (SSSR count). The average Bonchev–Trinajstić information content (AvgIpc) is 2.62. The van der Waals surface area contributed by atoms with Crippen LogP contribution in [-0.2, 0) is 6.42 Å². The van der Waals surface area contributed by atoms with Gasteiger partial charge in [0.05, 0.1) is 0 Å². The summed E-state index contributed by atoms with van der Waals surface area (Å²) in [4.78, 5) is 0. The second-order valence-corrected chi connectivity index (χ2v) is 7.66. The number of nitrogens with zero attached hydrogens (tertiary/aromatic N) is 1. The first kappa shape index (κ1) is 18.1. The molecule has 1 fully saturated rings. The van der Waals surface area contributed by atoms with Gasteiger partial charge in [-0.25, -0.2) is 8.78 Å². The van der Waals surface area contributed by atoms with Crippen LogP contribution >= 0.6 is 0 Å². The van der Waals surface area contributed by atoms with E-state index in [1.165, 1.54) is 63.0 Å². The van der Waals surface area contributed by atoms with Gasteiger partial charge in [0.2, 0.25) is 0 Å². The molecule has 1 saturated carbocycles. The Kier molecular flexibility index (Phi) is 5.89. The molecule has 0 spiro atoms. The minimum absolute atomic E-state index is 0.441. The first-order valence-corrected chi connectivity index (χ1v) is 9.75. The van der Waals surface area contributed by atoms with Gasteiger partial charge in [0, 0.05) is 0 Å². The first-order chi connectivity index (χ1) is 12.1. The summed E-state index contributed by atoms with van der Waals surface area (Å²) >= 11 is 0. The van der Waals surface area contributed by atoms with Gasteiger partial charge in [-0.15, -0.1) is 0 Å². The van der Waals surface area contributed by atoms with Crippen LogP contribution in [0.25, 0.3) is 6.08 Å². The lowest BCUT2D eigenvalue weighted by Crippen LogP contribution is -2.18. The molecule has 0 unspecified atom stereocenters. The fourth-order valence-corrected chi connectivity index (χ4v) is 4.53. The summed E-state index contributed by atoms with van der Waals surface area (Å²) in [5.41, 5.74) is 2.06. The molecule has 0 aliphatic heterocycles. The zero-order valence-electron chi connectivity index (χ0n) is 15.1. The SMILES string of the molecule is CCCCCC1CCC(C2=Cc3cc(F)c(C#N)c(F)c3CC2)CC1. The number of fused-ring (bicyclic) bond motifs is 1. The van der Waals surface area contributed by atoms with E-state index in [-0.39, 0.29) is 0 Å². The van der Waals surface area contributed by atoms with Crippen molar-refractivity contribution in [1.82, 2.24) is 0 Å². The lowest BCUT2D eigenvalue weighted by Gasteiger charge is -2.32. The molecule has 2 aliphatic carbocycles. The van der Waals surface area contributed by atoms with Gasteiger partial charge in [-0.05, 0) is 67.6 Å². The van der Waals surface area contributed by atoms with Crippen molar-refractivity contribution >= 4 is 6.08 Å². The standard InChI is InChI=1S/C22H27F2N/c1-2-3-4-5-15-6-8-16(9-7-15)17-10-11-19-18(12-17)13-21(23)20(14-25)22(19)24/h12-13,15-16H,2-11H2,1H3. The maximum atomic E-state index is 14.3. The van der Waals surface area contributed by atoms with Crippen LogP contribution in [0.4, 0.5) is 8.78 Å². The van der Waals surface area contributed by atoms with Crippen molar-refractivity contribution in [3.63, 3.8) is 0 Å². The highest BCUT2D eigenvalue weighted by Gasteiger charge is 2.27. The van der Waals surface area contributed by atoms with E-state index >= 15 is 0 Å². The van der Waals surface area contributed by atoms with E-state index in [0.717, 1.165) is 12.3 Å². The highest BCUT2D eigenvalue weighted by Crippen LogP contribution is 2.40. The van der Waals surface area contributed by atoms with E-state index in [2.05, 4.69) is 6.92 Å². The second kappa shape index (κ2) is 8.13. The van der Waals surface area contributed by atoms with Crippen molar-refractivity contribution in [2.24, 2.45) is 11.8 Å². The molecule has 1 aromatic rings. The van der Waals surface area contributed by atoms with Crippen LogP contribution in [0.1, 0.15) is 81.4 Å². The molecule has 0 N–H and O–H groups in total. The van der Waals surface area contributed by atoms with E-state index in [9.17, 15) is 8.78 Å². The third kappa shape index (κ3) is 3.94. The second-order valence-electron chi connectivity index (χ2n) is 7.66. The van der Waals surface area contributed by atoms with E-state index in [1.807, 2.05) is 6.08 Å². The molecule has 3 heteroatoms. The molecule has 0 saturated heterocycles. The van der Waals surface area contributed by atoms with Crippen LogP contribution in [0.5, 0.6) is 0 Å². The van der Waals surface area contributed by atoms with E-state index < -0.39 is 17.2 Å². The van der Waals surface area contributed by atoms with Crippen LogP contribution in [0.3, 0.4) is 0 Å². The van der Waals surface area contributed by atoms with Crippen LogP contribution in [0.2, 0.25) is 0 Å². The van der Waals surface area contributed by atoms with E-state index in [1.54, 1.807) is 6.07 Å². The maximum absolute atomic E-state index is 14.3. The minimum atomic E-state index is -0.740. The topological polar surface area (TPSA) is 23.8 Å². The number of hydrogen-bond acceptors (Lipinski definition) is 1. The van der Waals surface area contributed by atoms with Crippen LogP contribution in [0.15, 0.2) is 11.6 Å². The lowest BCUT2D eigenvalue weighted by atomic mass is 9.74. The summed E-state index contributed by atoms with van der Waals surface area (Å²) in [6.07, 6.45) is 13.7. The summed E-state index contributed by atoms with van der Waals surface area (Å²) in [6.45, 7) is 2.25. The summed E-state index contributed by atoms with van der Waals surface area (Å²) in [5.74, 6) is 0.0352. The Hall–Kier alpha value is -1.69. The summed E-state index contributed by atoms with van der Waals surface area (Å²) < 4.78 is 28.2. The monoisotopic (exact) mass is 343 g/mol. The van der Waals surface area contributed by atoms with Crippen molar-refractivity contribution in [3.05, 3.63) is 40.0 Å². The van der Waals surface area contributed by atoms with Gasteiger partial charge in [0.1, 0.15) is 23.3 Å². The van der Waals surface area contributed by atoms with Crippen molar-refractivity contribution in [2.45, 2.75) is 71.1 Å². The largest absolute Gasteiger partial charge is 0.205 e. The third-order valence-corrected chi connectivity index (χ3v) is 6.06. The average molecular weight is 343 g/mol. The summed E-state index contributed by atoms with van der Waals surface area (Å²) in [6, 6.07) is 2.98. The summed E-state index contributed by atoms with van der Waals surface area (Å²) in [7, 11) is 0. The Morgan fingerprint density at radius 1 is 1.12 bits per heavy atom. The highest BCUT2D eigenvalue weighted by molar-refractivity contribution is 5.62. The minimum Gasteiger partial charge on any atom is -0.205 e. The smallest absolute Gasteiger partial charge is 0.147 e. The zero-order chi connectivity index (χ0) is 17.8. The third-order valence-electron chi connectivity index (χ3n) is 6.06. The fourth-order valence-electron chi connectivity index (χ4n) is 4.53. The number of unbranched alkanes of at least 4 members (excludes halogenated alkanes) is 2. The molecule has 0 aromatic heterocycles. The predicted molar refractivity (Wildman–Crippen MR) is 97.0 cm³/mol. The van der Waals surface area contributed by atoms with Gasteiger partial charge >= 0.3 is 0 Å². The van der Waals surface area contributed by atoms with Crippen molar-refractivity contribution in [2.75, 3.05) is 0 Å². The molecule has 1 aromatic carbocycles. The Morgan fingerprint density at radius 3 is 2.56 bits per heavy atom. The molecule has 0 amide bonds. The van der Waals surface area contributed by atoms with E-state index in [4.69, 9.17) is 5.26 Å². The molecular formula is C22H27F2N. The van der Waals surface area contributed by atoms with Crippen molar-refractivity contribution in [1.29, 1.82) is 5.26 Å². The predicted octanol–water partition coefficient (Wildman–Crippen LogP) is 6.55. The molecule has 0 atom stereocenters. The molecule has 2 aliphatic rings. The molecule has 1 nitrogen and oxygen atoms in total.